The van der Waals surface area contributed by atoms with Crippen LogP contribution in [0.3, 0.4) is 0 Å². The van der Waals surface area contributed by atoms with Crippen molar-refractivity contribution < 1.29 is 14.3 Å². The minimum absolute atomic E-state index is 0. The Morgan fingerprint density at radius 3 is 2.10 bits per heavy atom. The minimum atomic E-state index is -0.658. The summed E-state index contributed by atoms with van der Waals surface area (Å²) >= 11 is 11.7. The maximum Gasteiger partial charge on any atom is 0.343 e. The van der Waals surface area contributed by atoms with Gasteiger partial charge in [-0.15, -0.1) is 0 Å². The third-order valence-corrected chi connectivity index (χ3v) is 6.27. The Morgan fingerprint density at radius 2 is 1.73 bits per heavy atom. The summed E-state index contributed by atoms with van der Waals surface area (Å²) in [6.45, 7) is 13.9. The van der Waals surface area contributed by atoms with Crippen LogP contribution in [0, 0.1) is 11.3 Å². The van der Waals surface area contributed by atoms with Crippen LogP contribution in [0.4, 0.5) is 5.69 Å². The van der Waals surface area contributed by atoms with E-state index in [4.69, 9.17) is 27.9 Å². The van der Waals surface area contributed by atoms with E-state index in [1.54, 1.807) is 13.8 Å². The molecule has 1 aliphatic carbocycles. The molecule has 0 atom stereocenters. The normalized spacial score (nSPS) is 13.9. The van der Waals surface area contributed by atoms with Crippen LogP contribution in [0.5, 0.6) is 0 Å². The standard InChI is InChI=1S/C13H16Cl2N2O3.C9H18.CH4/c1-5-13(3,4)20-12(19)10-8(16-7(2)18)6-9(14)17-11(10)15;1-4-9(2,3)8-6-5-7-8;/h6H,5H2,1-4H3,(H,16,17,18);8H,4-7H2,1-3H3;1H4. The quantitative estimate of drug-likeness (QED) is 0.351. The van der Waals surface area contributed by atoms with Crippen LogP contribution < -0.4 is 5.32 Å². The number of carbonyl (C=O) groups excluding carboxylic acids is 2. The van der Waals surface area contributed by atoms with Gasteiger partial charge in [0.2, 0.25) is 5.91 Å². The second-order valence-electron chi connectivity index (χ2n) is 8.81. The number of hydrogen-bond donors (Lipinski definition) is 1. The van der Waals surface area contributed by atoms with Crippen molar-refractivity contribution in [1.82, 2.24) is 4.98 Å². The number of halogens is 2. The largest absolute Gasteiger partial charge is 0.456 e. The highest BCUT2D eigenvalue weighted by Gasteiger charge is 2.31. The maximum atomic E-state index is 12.2. The van der Waals surface area contributed by atoms with Gasteiger partial charge in [0.25, 0.3) is 0 Å². The molecule has 30 heavy (non-hydrogen) atoms. The minimum Gasteiger partial charge on any atom is -0.456 e. The van der Waals surface area contributed by atoms with Gasteiger partial charge in [0.15, 0.2) is 0 Å². The first-order valence-electron chi connectivity index (χ1n) is 10.2. The topological polar surface area (TPSA) is 68.3 Å². The molecule has 0 radical (unpaired) electrons. The molecular formula is C23H38Cl2N2O3. The number of anilines is 1. The lowest BCUT2D eigenvalue weighted by Crippen LogP contribution is -2.28. The highest BCUT2D eigenvalue weighted by atomic mass is 35.5. The maximum absolute atomic E-state index is 12.2. The van der Waals surface area contributed by atoms with Gasteiger partial charge in [-0.25, -0.2) is 9.78 Å². The van der Waals surface area contributed by atoms with E-state index in [9.17, 15) is 9.59 Å². The summed E-state index contributed by atoms with van der Waals surface area (Å²) < 4.78 is 5.36. The number of nitrogens with zero attached hydrogens (tertiary/aromatic N) is 1. The van der Waals surface area contributed by atoms with Crippen LogP contribution in [-0.4, -0.2) is 22.5 Å². The van der Waals surface area contributed by atoms with Gasteiger partial charge in [-0.1, -0.05) is 71.2 Å². The summed E-state index contributed by atoms with van der Waals surface area (Å²) in [6, 6.07) is 1.35. The Bertz CT molecular complexity index is 729. The van der Waals surface area contributed by atoms with Crippen molar-refractivity contribution in [2.24, 2.45) is 11.3 Å². The monoisotopic (exact) mass is 460 g/mol. The number of pyridine rings is 1. The molecule has 0 aromatic carbocycles. The zero-order valence-corrected chi connectivity index (χ0v) is 20.1. The van der Waals surface area contributed by atoms with Crippen molar-refractivity contribution in [1.29, 1.82) is 0 Å². The van der Waals surface area contributed by atoms with E-state index in [0.29, 0.717) is 11.8 Å². The zero-order valence-electron chi connectivity index (χ0n) is 18.6. The van der Waals surface area contributed by atoms with Gasteiger partial charge < -0.3 is 10.1 Å². The molecule has 5 nitrogen and oxygen atoms in total. The van der Waals surface area contributed by atoms with Crippen molar-refractivity contribution in [2.75, 3.05) is 5.32 Å². The van der Waals surface area contributed by atoms with Gasteiger partial charge in [-0.05, 0) is 44.4 Å². The molecule has 172 valence electrons. The summed E-state index contributed by atoms with van der Waals surface area (Å²) in [4.78, 5) is 27.2. The Morgan fingerprint density at radius 1 is 1.17 bits per heavy atom. The Kier molecular flexibility index (Phi) is 11.4. The zero-order chi connectivity index (χ0) is 22.4. The van der Waals surface area contributed by atoms with Crippen molar-refractivity contribution in [3.8, 4) is 0 Å². The predicted octanol–water partition coefficient (Wildman–Crippen LogP) is 7.55. The van der Waals surface area contributed by atoms with Crippen molar-refractivity contribution >= 4 is 40.8 Å². The van der Waals surface area contributed by atoms with Gasteiger partial charge >= 0.3 is 5.97 Å². The molecule has 1 saturated carbocycles. The second kappa shape index (κ2) is 11.9. The predicted molar refractivity (Wildman–Crippen MR) is 126 cm³/mol. The lowest BCUT2D eigenvalue weighted by Gasteiger charge is -2.39. The van der Waals surface area contributed by atoms with E-state index >= 15 is 0 Å². The highest BCUT2D eigenvalue weighted by Crippen LogP contribution is 2.43. The van der Waals surface area contributed by atoms with E-state index in [2.05, 4.69) is 31.1 Å². The molecular weight excluding hydrogens is 423 g/mol. The summed E-state index contributed by atoms with van der Waals surface area (Å²) in [5.41, 5.74) is 0.165. The Hall–Kier alpha value is -1.33. The second-order valence-corrected chi connectivity index (χ2v) is 9.56. The molecule has 0 unspecified atom stereocenters. The summed E-state index contributed by atoms with van der Waals surface area (Å²) in [5, 5.41) is 2.45. The van der Waals surface area contributed by atoms with E-state index in [1.165, 1.54) is 38.7 Å². The van der Waals surface area contributed by atoms with Crippen LogP contribution in [0.25, 0.3) is 0 Å². The van der Waals surface area contributed by atoms with Crippen LogP contribution >= 0.6 is 23.2 Å². The molecule has 1 heterocycles. The molecule has 1 fully saturated rings. The van der Waals surface area contributed by atoms with Gasteiger partial charge in [0, 0.05) is 13.0 Å². The van der Waals surface area contributed by atoms with Gasteiger partial charge in [0.1, 0.15) is 21.5 Å². The van der Waals surface area contributed by atoms with Gasteiger partial charge in [0.05, 0.1) is 5.69 Å². The number of carbonyl (C=O) groups is 2. The van der Waals surface area contributed by atoms with Gasteiger partial charge in [-0.2, -0.15) is 0 Å². The van der Waals surface area contributed by atoms with Crippen LogP contribution in [-0.2, 0) is 9.53 Å². The van der Waals surface area contributed by atoms with E-state index in [1.807, 2.05) is 6.92 Å². The number of esters is 1. The molecule has 1 N–H and O–H groups in total. The smallest absolute Gasteiger partial charge is 0.343 e. The third-order valence-electron chi connectivity index (χ3n) is 5.80. The summed E-state index contributed by atoms with van der Waals surface area (Å²) in [7, 11) is 0. The van der Waals surface area contributed by atoms with E-state index < -0.39 is 11.6 Å². The number of nitrogens with one attached hydrogen (secondary N) is 1. The molecule has 0 spiro atoms. The van der Waals surface area contributed by atoms with Crippen LogP contribution in [0.2, 0.25) is 10.3 Å². The molecule has 0 aliphatic heterocycles. The molecule has 0 saturated heterocycles. The first-order valence-corrected chi connectivity index (χ1v) is 11.0. The van der Waals surface area contributed by atoms with Crippen molar-refractivity contribution in [3.63, 3.8) is 0 Å². The molecule has 0 bridgehead atoms. The van der Waals surface area contributed by atoms with Gasteiger partial charge in [-0.3, -0.25) is 4.79 Å². The number of aromatic nitrogens is 1. The fourth-order valence-electron chi connectivity index (χ4n) is 2.82. The van der Waals surface area contributed by atoms with E-state index in [0.717, 1.165) is 5.92 Å². The highest BCUT2D eigenvalue weighted by molar-refractivity contribution is 6.35. The number of amides is 1. The summed E-state index contributed by atoms with van der Waals surface area (Å²) in [5.74, 6) is 0.0319. The Balaban J connectivity index is 0.000000704. The lowest BCUT2D eigenvalue weighted by molar-refractivity contribution is -0.114. The van der Waals surface area contributed by atoms with Crippen LogP contribution in [0.15, 0.2) is 6.07 Å². The van der Waals surface area contributed by atoms with Crippen molar-refractivity contribution in [2.45, 2.75) is 93.6 Å². The number of rotatable bonds is 6. The average Bonchev–Trinajstić information content (AvgIpc) is 2.51. The molecule has 2 rings (SSSR count). The first-order chi connectivity index (χ1) is 13.3. The fourth-order valence-corrected chi connectivity index (χ4v) is 3.33. The SMILES string of the molecule is C.CCC(C)(C)C1CCC1.CCC(C)(C)OC(=O)c1c(NC(C)=O)cc(Cl)nc1Cl. The lowest BCUT2D eigenvalue weighted by atomic mass is 9.66. The van der Waals surface area contributed by atoms with E-state index in [-0.39, 0.29) is 34.9 Å². The molecule has 1 amide bonds. The molecule has 7 heteroatoms. The Labute approximate surface area is 192 Å². The molecule has 1 aliphatic rings. The summed E-state index contributed by atoms with van der Waals surface area (Å²) in [6.07, 6.45) is 6.43. The molecule has 1 aromatic rings. The fraction of sp³-hybridized carbons (Fsp3) is 0.696. The van der Waals surface area contributed by atoms with Crippen LogP contribution in [0.1, 0.15) is 98.4 Å². The van der Waals surface area contributed by atoms with Crippen molar-refractivity contribution in [3.05, 3.63) is 21.9 Å². The molecule has 1 aromatic heterocycles. The number of ether oxygens (including phenoxy) is 1. The number of hydrogen-bond acceptors (Lipinski definition) is 4. The third kappa shape index (κ3) is 8.43. The first kappa shape index (κ1) is 28.7. The average molecular weight is 461 g/mol.